The van der Waals surface area contributed by atoms with E-state index in [1.807, 2.05) is 13.8 Å². The molecule has 0 bridgehead atoms. The molecule has 0 aliphatic heterocycles. The summed E-state index contributed by atoms with van der Waals surface area (Å²) in [7, 11) is 0. The highest BCUT2D eigenvalue weighted by molar-refractivity contribution is 7.09. The Bertz CT molecular complexity index is 282. The lowest BCUT2D eigenvalue weighted by Gasteiger charge is -2.10. The predicted molar refractivity (Wildman–Crippen MR) is 49.1 cm³/mol. The Balaban J connectivity index is 2.71. The summed E-state index contributed by atoms with van der Waals surface area (Å²) in [6, 6.07) is 0.0787. The van der Waals surface area contributed by atoms with Crippen molar-refractivity contribution in [1.29, 1.82) is 0 Å². The minimum atomic E-state index is -0.00435. The number of hydrogen-bond acceptors (Lipinski definition) is 3. The Kier molecular flexibility index (Phi) is 2.81. The van der Waals surface area contributed by atoms with E-state index in [4.69, 9.17) is 0 Å². The number of carbonyl (C=O) groups excluding carboxylic acids is 1. The molecule has 1 unspecified atom stereocenters. The van der Waals surface area contributed by atoms with E-state index in [-0.39, 0.29) is 11.9 Å². The Morgan fingerprint density at radius 1 is 1.75 bits per heavy atom. The fourth-order valence-electron chi connectivity index (χ4n) is 1.10. The van der Waals surface area contributed by atoms with Gasteiger partial charge in [-0.1, -0.05) is 0 Å². The second-order valence-electron chi connectivity index (χ2n) is 2.72. The first-order valence-electron chi connectivity index (χ1n) is 3.78. The molecular formula is C8H12N2OS. The van der Waals surface area contributed by atoms with Crippen LogP contribution in [0.25, 0.3) is 0 Å². The average Bonchev–Trinajstić information content (AvgIpc) is 2.33. The number of aromatic nitrogens is 1. The number of amides is 1. The SMILES string of the molecule is CC(=O)NC(C)c1scnc1C. The van der Waals surface area contributed by atoms with Crippen LogP contribution in [0.4, 0.5) is 0 Å². The third-order valence-electron chi connectivity index (χ3n) is 1.60. The molecule has 1 heterocycles. The molecule has 1 rings (SSSR count). The van der Waals surface area contributed by atoms with Gasteiger partial charge in [0.1, 0.15) is 0 Å². The maximum atomic E-state index is 10.7. The Morgan fingerprint density at radius 2 is 2.42 bits per heavy atom. The van der Waals surface area contributed by atoms with Gasteiger partial charge >= 0.3 is 0 Å². The lowest BCUT2D eigenvalue weighted by atomic mass is 10.2. The number of rotatable bonds is 2. The molecule has 4 heteroatoms. The van der Waals surface area contributed by atoms with Gasteiger partial charge in [-0.15, -0.1) is 11.3 Å². The van der Waals surface area contributed by atoms with Crippen molar-refractivity contribution in [2.24, 2.45) is 0 Å². The van der Waals surface area contributed by atoms with E-state index in [1.54, 1.807) is 16.8 Å². The van der Waals surface area contributed by atoms with Crippen molar-refractivity contribution < 1.29 is 4.79 Å². The molecule has 1 aromatic rings. The summed E-state index contributed by atoms with van der Waals surface area (Å²) in [5.41, 5.74) is 2.80. The highest BCUT2D eigenvalue weighted by atomic mass is 32.1. The van der Waals surface area contributed by atoms with Gasteiger partial charge < -0.3 is 5.32 Å². The van der Waals surface area contributed by atoms with Gasteiger partial charge in [-0.2, -0.15) is 0 Å². The summed E-state index contributed by atoms with van der Waals surface area (Å²) in [4.78, 5) is 16.0. The van der Waals surface area contributed by atoms with Crippen LogP contribution in [0, 0.1) is 6.92 Å². The predicted octanol–water partition coefficient (Wildman–Crippen LogP) is 1.65. The summed E-state index contributed by atoms with van der Waals surface area (Å²) < 4.78 is 0. The molecule has 0 saturated heterocycles. The molecule has 3 nitrogen and oxygen atoms in total. The molecule has 0 fully saturated rings. The van der Waals surface area contributed by atoms with Crippen LogP contribution in [-0.2, 0) is 4.79 Å². The van der Waals surface area contributed by atoms with E-state index >= 15 is 0 Å². The van der Waals surface area contributed by atoms with Gasteiger partial charge in [0.05, 0.1) is 17.2 Å². The number of hydrogen-bond donors (Lipinski definition) is 1. The monoisotopic (exact) mass is 184 g/mol. The molecule has 1 amide bonds. The quantitative estimate of drug-likeness (QED) is 0.759. The van der Waals surface area contributed by atoms with E-state index < -0.39 is 0 Å². The maximum absolute atomic E-state index is 10.7. The van der Waals surface area contributed by atoms with Crippen molar-refractivity contribution in [2.45, 2.75) is 26.8 Å². The van der Waals surface area contributed by atoms with Crippen LogP contribution in [0.5, 0.6) is 0 Å². The van der Waals surface area contributed by atoms with Crippen molar-refractivity contribution in [3.8, 4) is 0 Å². The lowest BCUT2D eigenvalue weighted by molar-refractivity contribution is -0.119. The van der Waals surface area contributed by atoms with Crippen LogP contribution in [0.3, 0.4) is 0 Å². The van der Waals surface area contributed by atoms with Gasteiger partial charge in [0, 0.05) is 11.8 Å². The Morgan fingerprint density at radius 3 is 2.83 bits per heavy atom. The summed E-state index contributed by atoms with van der Waals surface area (Å²) in [5.74, 6) is -0.00435. The maximum Gasteiger partial charge on any atom is 0.217 e. The Labute approximate surface area is 75.8 Å². The van der Waals surface area contributed by atoms with Crippen LogP contribution < -0.4 is 5.32 Å². The third-order valence-corrected chi connectivity index (χ3v) is 2.71. The van der Waals surface area contributed by atoms with Crippen LogP contribution in [0.2, 0.25) is 0 Å². The van der Waals surface area contributed by atoms with Crippen LogP contribution in [0.1, 0.15) is 30.5 Å². The van der Waals surface area contributed by atoms with Gasteiger partial charge in [-0.25, -0.2) is 4.98 Å². The van der Waals surface area contributed by atoms with Crippen molar-refractivity contribution in [1.82, 2.24) is 10.3 Å². The number of carbonyl (C=O) groups is 1. The zero-order valence-corrected chi connectivity index (χ0v) is 8.23. The normalized spacial score (nSPS) is 12.6. The molecule has 0 radical (unpaired) electrons. The highest BCUT2D eigenvalue weighted by Gasteiger charge is 2.10. The van der Waals surface area contributed by atoms with E-state index in [9.17, 15) is 4.79 Å². The van der Waals surface area contributed by atoms with Crippen LogP contribution >= 0.6 is 11.3 Å². The van der Waals surface area contributed by atoms with Crippen molar-refractivity contribution in [3.63, 3.8) is 0 Å². The molecule has 66 valence electrons. The molecule has 0 aromatic carbocycles. The van der Waals surface area contributed by atoms with Gasteiger partial charge in [-0.3, -0.25) is 4.79 Å². The second kappa shape index (κ2) is 3.67. The summed E-state index contributed by atoms with van der Waals surface area (Å²) in [5, 5.41) is 2.82. The van der Waals surface area contributed by atoms with E-state index in [0.717, 1.165) is 10.6 Å². The van der Waals surface area contributed by atoms with Crippen molar-refractivity contribution in [2.75, 3.05) is 0 Å². The highest BCUT2D eigenvalue weighted by Crippen LogP contribution is 2.20. The summed E-state index contributed by atoms with van der Waals surface area (Å²) >= 11 is 1.57. The van der Waals surface area contributed by atoms with Crippen LogP contribution in [-0.4, -0.2) is 10.9 Å². The largest absolute Gasteiger partial charge is 0.349 e. The molecule has 1 atom stereocenters. The number of thiazole rings is 1. The molecular weight excluding hydrogens is 172 g/mol. The molecule has 1 aromatic heterocycles. The summed E-state index contributed by atoms with van der Waals surface area (Å²) in [6.07, 6.45) is 0. The van der Waals surface area contributed by atoms with Crippen molar-refractivity contribution in [3.05, 3.63) is 16.1 Å². The average molecular weight is 184 g/mol. The second-order valence-corrected chi connectivity index (χ2v) is 3.61. The molecule has 0 aliphatic rings. The van der Waals surface area contributed by atoms with Crippen LogP contribution in [0.15, 0.2) is 5.51 Å². The fraction of sp³-hybridized carbons (Fsp3) is 0.500. The molecule has 0 aliphatic carbocycles. The minimum Gasteiger partial charge on any atom is -0.349 e. The summed E-state index contributed by atoms with van der Waals surface area (Å²) in [6.45, 7) is 5.43. The van der Waals surface area contributed by atoms with Gasteiger partial charge in [0.25, 0.3) is 0 Å². The first kappa shape index (κ1) is 9.19. The minimum absolute atomic E-state index is 0.00435. The van der Waals surface area contributed by atoms with E-state index in [0.29, 0.717) is 0 Å². The number of nitrogens with zero attached hydrogens (tertiary/aromatic N) is 1. The number of nitrogens with one attached hydrogen (secondary N) is 1. The standard InChI is InChI=1S/C8H12N2OS/c1-5-8(12-4-9-5)6(2)10-7(3)11/h4,6H,1-3H3,(H,10,11). The van der Waals surface area contributed by atoms with E-state index in [1.165, 1.54) is 6.92 Å². The molecule has 12 heavy (non-hydrogen) atoms. The zero-order valence-electron chi connectivity index (χ0n) is 7.42. The molecule has 1 N–H and O–H groups in total. The number of aryl methyl sites for hydroxylation is 1. The molecule has 0 spiro atoms. The first-order chi connectivity index (χ1) is 5.61. The van der Waals surface area contributed by atoms with Gasteiger partial charge in [0.15, 0.2) is 0 Å². The molecule has 0 saturated carbocycles. The topological polar surface area (TPSA) is 42.0 Å². The Hall–Kier alpha value is -0.900. The van der Waals surface area contributed by atoms with Gasteiger partial charge in [-0.05, 0) is 13.8 Å². The third kappa shape index (κ3) is 2.04. The fourth-order valence-corrected chi connectivity index (χ4v) is 1.91. The first-order valence-corrected chi connectivity index (χ1v) is 4.66. The zero-order chi connectivity index (χ0) is 9.14. The van der Waals surface area contributed by atoms with Gasteiger partial charge in [0.2, 0.25) is 5.91 Å². The smallest absolute Gasteiger partial charge is 0.217 e. The lowest BCUT2D eigenvalue weighted by Crippen LogP contribution is -2.23. The van der Waals surface area contributed by atoms with Crippen molar-refractivity contribution >= 4 is 17.2 Å². The van der Waals surface area contributed by atoms with E-state index in [2.05, 4.69) is 10.3 Å².